The lowest BCUT2D eigenvalue weighted by Gasteiger charge is -2.10. The van der Waals surface area contributed by atoms with Crippen LogP contribution in [0.15, 0.2) is 11.0 Å². The fourth-order valence-electron chi connectivity index (χ4n) is 1.32. The Kier molecular flexibility index (Phi) is 4.80. The molecule has 0 unspecified atom stereocenters. The van der Waals surface area contributed by atoms with Crippen LogP contribution in [0.5, 0.6) is 0 Å². The number of hydrogen-bond acceptors (Lipinski definition) is 3. The van der Waals surface area contributed by atoms with Gasteiger partial charge < -0.3 is 5.32 Å². The van der Waals surface area contributed by atoms with E-state index in [1.54, 1.807) is 6.20 Å². The quantitative estimate of drug-likeness (QED) is 0.864. The summed E-state index contributed by atoms with van der Waals surface area (Å²) in [5.41, 5.74) is 0.394. The molecule has 1 rings (SSSR count). The van der Waals surface area contributed by atoms with E-state index in [0.29, 0.717) is 18.2 Å². The van der Waals surface area contributed by atoms with Gasteiger partial charge in [0.05, 0.1) is 11.9 Å². The van der Waals surface area contributed by atoms with Gasteiger partial charge in [0.1, 0.15) is 5.02 Å². The molecule has 0 bridgehead atoms. The van der Waals surface area contributed by atoms with E-state index in [1.807, 2.05) is 20.8 Å². The van der Waals surface area contributed by atoms with Crippen molar-refractivity contribution >= 4 is 17.3 Å². The van der Waals surface area contributed by atoms with Gasteiger partial charge in [0, 0.05) is 13.1 Å². The first-order valence-electron chi connectivity index (χ1n) is 5.55. The molecular formula is C11H18ClN3O. The van der Waals surface area contributed by atoms with Crippen molar-refractivity contribution < 1.29 is 0 Å². The Balaban J connectivity index is 2.94. The summed E-state index contributed by atoms with van der Waals surface area (Å²) in [6.45, 7) is 7.49. The van der Waals surface area contributed by atoms with Crippen LogP contribution in [0.2, 0.25) is 5.02 Å². The van der Waals surface area contributed by atoms with Gasteiger partial charge in [-0.2, -0.15) is 5.10 Å². The third-order valence-electron chi connectivity index (χ3n) is 2.09. The van der Waals surface area contributed by atoms with Crippen LogP contribution in [0.25, 0.3) is 0 Å². The molecule has 5 heteroatoms. The van der Waals surface area contributed by atoms with Crippen molar-refractivity contribution in [1.29, 1.82) is 0 Å². The second-order valence-electron chi connectivity index (χ2n) is 4.18. The van der Waals surface area contributed by atoms with Gasteiger partial charge in [-0.25, -0.2) is 4.68 Å². The van der Waals surface area contributed by atoms with Crippen LogP contribution in [0.1, 0.15) is 27.2 Å². The van der Waals surface area contributed by atoms with Crippen molar-refractivity contribution in [3.8, 4) is 0 Å². The average molecular weight is 244 g/mol. The summed E-state index contributed by atoms with van der Waals surface area (Å²) in [5.74, 6) is 0.371. The zero-order valence-corrected chi connectivity index (χ0v) is 10.7. The van der Waals surface area contributed by atoms with Crippen LogP contribution < -0.4 is 10.9 Å². The maximum Gasteiger partial charge on any atom is 0.287 e. The molecule has 1 aromatic heterocycles. The molecule has 1 aromatic rings. The smallest absolute Gasteiger partial charge is 0.287 e. The van der Waals surface area contributed by atoms with Crippen molar-refractivity contribution in [3.05, 3.63) is 21.6 Å². The molecular weight excluding hydrogens is 226 g/mol. The highest BCUT2D eigenvalue weighted by molar-refractivity contribution is 6.32. The summed E-state index contributed by atoms with van der Waals surface area (Å²) in [5, 5.41) is 7.39. The molecule has 0 fully saturated rings. The lowest BCUT2D eigenvalue weighted by Crippen LogP contribution is -2.26. The highest BCUT2D eigenvalue weighted by atomic mass is 35.5. The summed E-state index contributed by atoms with van der Waals surface area (Å²) in [6.07, 6.45) is 2.59. The standard InChI is InChI=1S/C11H18ClN3O/c1-4-5-13-9-6-14-15(7-8(2)3)11(16)10(9)12/h6,8,13H,4-5,7H2,1-3H3. The van der Waals surface area contributed by atoms with Crippen LogP contribution in [-0.4, -0.2) is 16.3 Å². The van der Waals surface area contributed by atoms with Gasteiger partial charge in [0.15, 0.2) is 0 Å². The number of nitrogens with zero attached hydrogens (tertiary/aromatic N) is 2. The van der Waals surface area contributed by atoms with Gasteiger partial charge in [0.2, 0.25) is 0 Å². The Morgan fingerprint density at radius 2 is 2.25 bits per heavy atom. The fraction of sp³-hybridized carbons (Fsp3) is 0.636. The molecule has 0 saturated carbocycles. The van der Waals surface area contributed by atoms with E-state index >= 15 is 0 Å². The van der Waals surface area contributed by atoms with Crippen LogP contribution >= 0.6 is 11.6 Å². The normalized spacial score (nSPS) is 10.8. The number of nitrogens with one attached hydrogen (secondary N) is 1. The predicted molar refractivity (Wildman–Crippen MR) is 67.1 cm³/mol. The van der Waals surface area contributed by atoms with E-state index in [9.17, 15) is 4.79 Å². The van der Waals surface area contributed by atoms with E-state index in [0.717, 1.165) is 13.0 Å². The molecule has 0 aliphatic carbocycles. The second-order valence-corrected chi connectivity index (χ2v) is 4.56. The molecule has 90 valence electrons. The van der Waals surface area contributed by atoms with Gasteiger partial charge >= 0.3 is 0 Å². The lowest BCUT2D eigenvalue weighted by molar-refractivity contribution is 0.464. The summed E-state index contributed by atoms with van der Waals surface area (Å²) in [6, 6.07) is 0. The maximum atomic E-state index is 11.8. The second kappa shape index (κ2) is 5.89. The van der Waals surface area contributed by atoms with Gasteiger partial charge in [-0.1, -0.05) is 32.4 Å². The molecule has 0 atom stereocenters. The van der Waals surface area contributed by atoms with E-state index in [4.69, 9.17) is 11.6 Å². The van der Waals surface area contributed by atoms with Gasteiger partial charge in [-0.05, 0) is 12.3 Å². The minimum Gasteiger partial charge on any atom is -0.382 e. The van der Waals surface area contributed by atoms with E-state index in [-0.39, 0.29) is 10.6 Å². The number of rotatable bonds is 5. The summed E-state index contributed by atoms with van der Waals surface area (Å²) >= 11 is 5.98. The SMILES string of the molecule is CCCNc1cnn(CC(C)C)c(=O)c1Cl. The molecule has 0 saturated heterocycles. The largest absolute Gasteiger partial charge is 0.382 e. The molecule has 0 amide bonds. The van der Waals surface area contributed by atoms with Crippen LogP contribution in [-0.2, 0) is 6.54 Å². The van der Waals surface area contributed by atoms with Crippen molar-refractivity contribution in [2.75, 3.05) is 11.9 Å². The summed E-state index contributed by atoms with van der Waals surface area (Å²) in [4.78, 5) is 11.8. The third-order valence-corrected chi connectivity index (χ3v) is 2.45. The molecule has 16 heavy (non-hydrogen) atoms. The molecule has 0 aliphatic heterocycles. The first kappa shape index (κ1) is 13.0. The highest BCUT2D eigenvalue weighted by Gasteiger charge is 2.09. The monoisotopic (exact) mass is 243 g/mol. The first-order valence-corrected chi connectivity index (χ1v) is 5.93. The zero-order chi connectivity index (χ0) is 12.1. The number of aromatic nitrogens is 2. The Labute approximate surface area is 101 Å². The highest BCUT2D eigenvalue weighted by Crippen LogP contribution is 2.15. The molecule has 1 heterocycles. The Bertz CT molecular complexity index is 401. The number of anilines is 1. The third kappa shape index (κ3) is 3.23. The molecule has 0 aliphatic rings. The van der Waals surface area contributed by atoms with Gasteiger partial charge in [-0.3, -0.25) is 4.79 Å². The van der Waals surface area contributed by atoms with Gasteiger partial charge in [-0.15, -0.1) is 0 Å². The number of hydrogen-bond donors (Lipinski definition) is 1. The minimum atomic E-state index is -0.225. The minimum absolute atomic E-state index is 0.225. The van der Waals surface area contributed by atoms with Crippen molar-refractivity contribution in [3.63, 3.8) is 0 Å². The Morgan fingerprint density at radius 3 is 2.81 bits per heavy atom. The van der Waals surface area contributed by atoms with Crippen LogP contribution in [0.3, 0.4) is 0 Å². The first-order chi connectivity index (χ1) is 7.56. The zero-order valence-electron chi connectivity index (χ0n) is 9.96. The van der Waals surface area contributed by atoms with Crippen molar-refractivity contribution in [2.24, 2.45) is 5.92 Å². The maximum absolute atomic E-state index is 11.8. The fourth-order valence-corrected chi connectivity index (χ4v) is 1.54. The summed E-state index contributed by atoms with van der Waals surface area (Å²) in [7, 11) is 0. The van der Waals surface area contributed by atoms with E-state index < -0.39 is 0 Å². The Hall–Kier alpha value is -1.03. The topological polar surface area (TPSA) is 46.9 Å². The van der Waals surface area contributed by atoms with Gasteiger partial charge in [0.25, 0.3) is 5.56 Å². The average Bonchev–Trinajstić information content (AvgIpc) is 2.23. The Morgan fingerprint density at radius 1 is 1.56 bits per heavy atom. The van der Waals surface area contributed by atoms with E-state index in [2.05, 4.69) is 10.4 Å². The predicted octanol–water partition coefficient (Wildman–Crippen LogP) is 2.37. The summed E-state index contributed by atoms with van der Waals surface area (Å²) < 4.78 is 1.41. The van der Waals surface area contributed by atoms with E-state index in [1.165, 1.54) is 4.68 Å². The molecule has 1 N–H and O–H groups in total. The molecule has 0 aromatic carbocycles. The van der Waals surface area contributed by atoms with Crippen molar-refractivity contribution in [2.45, 2.75) is 33.7 Å². The van der Waals surface area contributed by atoms with Crippen LogP contribution in [0.4, 0.5) is 5.69 Å². The lowest BCUT2D eigenvalue weighted by atomic mass is 10.2. The number of halogens is 1. The molecule has 4 nitrogen and oxygen atoms in total. The van der Waals surface area contributed by atoms with Crippen LogP contribution in [0, 0.1) is 5.92 Å². The van der Waals surface area contributed by atoms with Crippen molar-refractivity contribution in [1.82, 2.24) is 9.78 Å². The molecule has 0 spiro atoms. The molecule has 0 radical (unpaired) electrons.